The van der Waals surface area contributed by atoms with Crippen molar-refractivity contribution in [2.75, 3.05) is 13.2 Å². The summed E-state index contributed by atoms with van der Waals surface area (Å²) >= 11 is 0. The van der Waals surface area contributed by atoms with Crippen LogP contribution < -0.4 is 5.32 Å². The molecule has 2 N–H and O–H groups in total. The Balaban J connectivity index is 2.79. The summed E-state index contributed by atoms with van der Waals surface area (Å²) in [5.41, 5.74) is 0.423. The summed E-state index contributed by atoms with van der Waals surface area (Å²) in [5, 5.41) is 11.3. The third-order valence-corrected chi connectivity index (χ3v) is 3.21. The summed E-state index contributed by atoms with van der Waals surface area (Å²) in [6.07, 6.45) is 0.922. The Morgan fingerprint density at radius 3 is 2.70 bits per heavy atom. The molecule has 0 saturated carbocycles. The average Bonchev–Trinajstić information content (AvgIpc) is 2.42. The van der Waals surface area contributed by atoms with E-state index in [-0.39, 0.29) is 17.6 Å². The monoisotopic (exact) mass is 277 g/mol. The van der Waals surface area contributed by atoms with E-state index in [2.05, 4.69) is 17.2 Å². The first kappa shape index (κ1) is 16.2. The van der Waals surface area contributed by atoms with Gasteiger partial charge in [-0.05, 0) is 30.0 Å². The van der Waals surface area contributed by atoms with Crippen molar-refractivity contribution in [2.24, 2.45) is 5.41 Å². The third-order valence-electron chi connectivity index (χ3n) is 3.21. The Morgan fingerprint density at radius 2 is 2.15 bits per heavy atom. The molecule has 108 valence electrons. The maximum Gasteiger partial charge on any atom is 0.254 e. The lowest BCUT2D eigenvalue weighted by molar-refractivity contribution is 0.0931. The zero-order valence-corrected chi connectivity index (χ0v) is 12.1. The van der Waals surface area contributed by atoms with E-state index in [4.69, 9.17) is 5.11 Å². The van der Waals surface area contributed by atoms with Gasteiger partial charge in [-0.3, -0.25) is 4.79 Å². The number of rotatable bonds is 4. The predicted octanol–water partition coefficient (Wildman–Crippen LogP) is 2.34. The third kappa shape index (κ3) is 4.67. The molecule has 0 unspecified atom stereocenters. The molecule has 0 radical (unpaired) electrons. The van der Waals surface area contributed by atoms with E-state index in [1.165, 1.54) is 12.1 Å². The highest BCUT2D eigenvalue weighted by Crippen LogP contribution is 2.18. The Morgan fingerprint density at radius 1 is 1.45 bits per heavy atom. The summed E-state index contributed by atoms with van der Waals surface area (Å²) in [5.74, 6) is 3.99. The molecule has 20 heavy (non-hydrogen) atoms. The van der Waals surface area contributed by atoms with Gasteiger partial charge in [0, 0.05) is 12.1 Å². The predicted molar refractivity (Wildman–Crippen MR) is 76.8 cm³/mol. The van der Waals surface area contributed by atoms with E-state index < -0.39 is 11.7 Å². The number of amides is 1. The number of benzene rings is 1. The lowest BCUT2D eigenvalue weighted by atomic mass is 9.90. The molecule has 0 aliphatic carbocycles. The Labute approximate surface area is 119 Å². The molecule has 0 aromatic heterocycles. The lowest BCUT2D eigenvalue weighted by Gasteiger charge is -2.22. The molecule has 1 aromatic rings. The quantitative estimate of drug-likeness (QED) is 0.830. The number of aliphatic hydroxyl groups is 1. The molecule has 1 rings (SSSR count). The second-order valence-corrected chi connectivity index (χ2v) is 5.35. The summed E-state index contributed by atoms with van der Waals surface area (Å²) < 4.78 is 13.8. The van der Waals surface area contributed by atoms with Crippen LogP contribution >= 0.6 is 0 Å². The molecule has 0 atom stereocenters. The minimum atomic E-state index is -0.610. The van der Waals surface area contributed by atoms with E-state index in [0.717, 1.165) is 6.42 Å². The fraction of sp³-hybridized carbons (Fsp3) is 0.438. The van der Waals surface area contributed by atoms with Gasteiger partial charge in [-0.1, -0.05) is 32.6 Å². The van der Waals surface area contributed by atoms with Crippen LogP contribution in [0.15, 0.2) is 18.2 Å². The van der Waals surface area contributed by atoms with Crippen molar-refractivity contribution in [3.05, 3.63) is 35.1 Å². The number of hydrogen-bond acceptors (Lipinski definition) is 2. The van der Waals surface area contributed by atoms with Gasteiger partial charge in [0.2, 0.25) is 0 Å². The van der Waals surface area contributed by atoms with Crippen molar-refractivity contribution in [1.82, 2.24) is 5.32 Å². The Hall–Kier alpha value is -1.86. The Kier molecular flexibility index (Phi) is 5.72. The molecule has 0 saturated heterocycles. The highest BCUT2D eigenvalue weighted by atomic mass is 19.1. The van der Waals surface area contributed by atoms with Gasteiger partial charge in [-0.25, -0.2) is 4.39 Å². The normalized spacial score (nSPS) is 10.7. The molecular weight excluding hydrogens is 257 g/mol. The van der Waals surface area contributed by atoms with E-state index in [9.17, 15) is 9.18 Å². The zero-order valence-electron chi connectivity index (χ0n) is 12.1. The highest BCUT2D eigenvalue weighted by Gasteiger charge is 2.18. The van der Waals surface area contributed by atoms with Crippen LogP contribution in [-0.2, 0) is 0 Å². The number of aliphatic hydroxyl groups excluding tert-OH is 1. The van der Waals surface area contributed by atoms with Crippen molar-refractivity contribution < 1.29 is 14.3 Å². The van der Waals surface area contributed by atoms with Gasteiger partial charge in [0.05, 0.1) is 5.56 Å². The van der Waals surface area contributed by atoms with Gasteiger partial charge in [0.25, 0.3) is 5.91 Å². The molecule has 0 fully saturated rings. The SMILES string of the molecule is CCC(C)(C)CNC(=O)c1ccc(C#CCO)cc1F. The summed E-state index contributed by atoms with van der Waals surface area (Å²) in [7, 11) is 0. The van der Waals surface area contributed by atoms with Crippen LogP contribution in [-0.4, -0.2) is 24.2 Å². The van der Waals surface area contributed by atoms with Gasteiger partial charge >= 0.3 is 0 Å². The van der Waals surface area contributed by atoms with Crippen LogP contribution in [0.4, 0.5) is 4.39 Å². The van der Waals surface area contributed by atoms with Crippen molar-refractivity contribution in [3.63, 3.8) is 0 Å². The van der Waals surface area contributed by atoms with Gasteiger partial charge in [-0.15, -0.1) is 0 Å². The van der Waals surface area contributed by atoms with Crippen LogP contribution in [0.5, 0.6) is 0 Å². The van der Waals surface area contributed by atoms with Crippen LogP contribution in [0.3, 0.4) is 0 Å². The van der Waals surface area contributed by atoms with Crippen molar-refractivity contribution in [2.45, 2.75) is 27.2 Å². The zero-order chi connectivity index (χ0) is 15.2. The summed E-state index contributed by atoms with van der Waals surface area (Å²) in [4.78, 5) is 11.9. The molecule has 0 aliphatic heterocycles. The van der Waals surface area contributed by atoms with Gasteiger partial charge in [0.15, 0.2) is 0 Å². The molecule has 0 heterocycles. The average molecular weight is 277 g/mol. The smallest absolute Gasteiger partial charge is 0.254 e. The molecule has 3 nitrogen and oxygen atoms in total. The number of carbonyl (C=O) groups is 1. The summed E-state index contributed by atoms with van der Waals surface area (Å²) in [6, 6.07) is 4.17. The first-order valence-electron chi connectivity index (χ1n) is 6.57. The lowest BCUT2D eigenvalue weighted by Crippen LogP contribution is -2.34. The first-order chi connectivity index (χ1) is 9.39. The standard InChI is InChI=1S/C16H20FNO2/c1-4-16(2,3)11-18-15(20)13-8-7-12(6-5-9-19)10-14(13)17/h7-8,10,19H,4,9,11H2,1-3H3,(H,18,20). The first-order valence-corrected chi connectivity index (χ1v) is 6.57. The van der Waals surface area contributed by atoms with E-state index >= 15 is 0 Å². The molecule has 4 heteroatoms. The van der Waals surface area contributed by atoms with Crippen molar-refractivity contribution >= 4 is 5.91 Å². The Bertz CT molecular complexity index is 541. The maximum absolute atomic E-state index is 13.8. The van der Waals surface area contributed by atoms with Crippen LogP contribution in [0.25, 0.3) is 0 Å². The van der Waals surface area contributed by atoms with E-state index in [1.54, 1.807) is 6.07 Å². The van der Waals surface area contributed by atoms with Crippen molar-refractivity contribution in [3.8, 4) is 11.8 Å². The summed E-state index contributed by atoms with van der Waals surface area (Å²) in [6.45, 7) is 6.33. The molecule has 0 bridgehead atoms. The van der Waals surface area contributed by atoms with Gasteiger partial charge in [0.1, 0.15) is 12.4 Å². The number of hydrogen-bond donors (Lipinski definition) is 2. The number of carbonyl (C=O) groups excluding carboxylic acids is 1. The molecule has 0 aliphatic rings. The van der Waals surface area contributed by atoms with Crippen LogP contribution in [0, 0.1) is 23.1 Å². The molecule has 1 amide bonds. The molecular formula is C16H20FNO2. The maximum atomic E-state index is 13.8. The number of halogens is 1. The second-order valence-electron chi connectivity index (χ2n) is 5.35. The number of nitrogens with one attached hydrogen (secondary N) is 1. The molecule has 1 aromatic carbocycles. The highest BCUT2D eigenvalue weighted by molar-refractivity contribution is 5.94. The fourth-order valence-electron chi connectivity index (χ4n) is 1.46. The fourth-order valence-corrected chi connectivity index (χ4v) is 1.46. The minimum absolute atomic E-state index is 0.00597. The van der Waals surface area contributed by atoms with Crippen molar-refractivity contribution in [1.29, 1.82) is 0 Å². The van der Waals surface area contributed by atoms with Crippen LogP contribution in [0.1, 0.15) is 43.1 Å². The second kappa shape index (κ2) is 7.06. The molecule has 0 spiro atoms. The topological polar surface area (TPSA) is 49.3 Å². The van der Waals surface area contributed by atoms with E-state index in [1.807, 2.05) is 20.8 Å². The van der Waals surface area contributed by atoms with Gasteiger partial charge in [-0.2, -0.15) is 0 Å². The minimum Gasteiger partial charge on any atom is -0.384 e. The van der Waals surface area contributed by atoms with E-state index in [0.29, 0.717) is 12.1 Å². The van der Waals surface area contributed by atoms with Gasteiger partial charge < -0.3 is 10.4 Å². The van der Waals surface area contributed by atoms with Crippen LogP contribution in [0.2, 0.25) is 0 Å². The largest absolute Gasteiger partial charge is 0.384 e.